The molecule has 0 aliphatic carbocycles. The van der Waals surface area contributed by atoms with E-state index >= 15 is 0 Å². The highest BCUT2D eigenvalue weighted by Gasteiger charge is 2.16. The molecule has 0 aliphatic rings. The summed E-state index contributed by atoms with van der Waals surface area (Å²) in [5.74, 6) is 1.31. The summed E-state index contributed by atoms with van der Waals surface area (Å²) in [4.78, 5) is 11.3. The van der Waals surface area contributed by atoms with Gasteiger partial charge in [0.2, 0.25) is 0 Å². The minimum absolute atomic E-state index is 0.410. The predicted molar refractivity (Wildman–Crippen MR) is 76.7 cm³/mol. The van der Waals surface area contributed by atoms with E-state index in [4.69, 9.17) is 5.73 Å². The quantitative estimate of drug-likeness (QED) is 0.898. The predicted octanol–water partition coefficient (Wildman–Crippen LogP) is 2.84. The van der Waals surface area contributed by atoms with E-state index in [1.165, 1.54) is 0 Å². The van der Waals surface area contributed by atoms with Crippen molar-refractivity contribution in [2.75, 3.05) is 17.2 Å². The fraction of sp³-hybridized carbons (Fsp3) is 0.429. The maximum absolute atomic E-state index is 6.04. The van der Waals surface area contributed by atoms with Gasteiger partial charge in [-0.15, -0.1) is 0 Å². The maximum atomic E-state index is 6.04. The Kier molecular flexibility index (Phi) is 3.65. The van der Waals surface area contributed by atoms with Gasteiger partial charge in [0.25, 0.3) is 0 Å². The molecule has 0 spiro atoms. The molecule has 96 valence electrons. The lowest BCUT2D eigenvalue weighted by Gasteiger charge is -2.29. The largest absolute Gasteiger partial charge is 0.381 e. The SMILES string of the molecule is CCC(C)N(CC)c1nc2ccccc2nc1N. The lowest BCUT2D eigenvalue weighted by molar-refractivity contribution is 0.624. The minimum atomic E-state index is 0.410. The molecule has 2 rings (SSSR count). The van der Waals surface area contributed by atoms with Crippen molar-refractivity contribution in [3.05, 3.63) is 24.3 Å². The van der Waals surface area contributed by atoms with Crippen LogP contribution in [0.2, 0.25) is 0 Å². The van der Waals surface area contributed by atoms with Gasteiger partial charge in [-0.25, -0.2) is 9.97 Å². The average molecular weight is 244 g/mol. The molecule has 1 aromatic carbocycles. The van der Waals surface area contributed by atoms with Gasteiger partial charge in [0.15, 0.2) is 11.6 Å². The van der Waals surface area contributed by atoms with Gasteiger partial charge in [0.05, 0.1) is 11.0 Å². The average Bonchev–Trinajstić information content (AvgIpc) is 2.39. The fourth-order valence-corrected chi connectivity index (χ4v) is 2.11. The van der Waals surface area contributed by atoms with Gasteiger partial charge in [-0.1, -0.05) is 19.1 Å². The summed E-state index contributed by atoms with van der Waals surface area (Å²) >= 11 is 0. The first-order valence-corrected chi connectivity index (χ1v) is 6.46. The summed E-state index contributed by atoms with van der Waals surface area (Å²) < 4.78 is 0. The van der Waals surface area contributed by atoms with Crippen LogP contribution in [0.5, 0.6) is 0 Å². The van der Waals surface area contributed by atoms with Gasteiger partial charge < -0.3 is 10.6 Å². The molecular formula is C14H20N4. The van der Waals surface area contributed by atoms with E-state index in [9.17, 15) is 0 Å². The van der Waals surface area contributed by atoms with Crippen molar-refractivity contribution >= 4 is 22.7 Å². The minimum Gasteiger partial charge on any atom is -0.381 e. The van der Waals surface area contributed by atoms with Crippen LogP contribution in [0.4, 0.5) is 11.6 Å². The summed E-state index contributed by atoms with van der Waals surface area (Å²) in [6.07, 6.45) is 1.06. The zero-order valence-corrected chi connectivity index (χ0v) is 11.2. The number of fused-ring (bicyclic) bond motifs is 1. The Morgan fingerprint density at radius 1 is 1.17 bits per heavy atom. The number of benzene rings is 1. The lowest BCUT2D eigenvalue weighted by Crippen LogP contribution is -2.33. The van der Waals surface area contributed by atoms with Crippen LogP contribution >= 0.6 is 0 Å². The monoisotopic (exact) mass is 244 g/mol. The van der Waals surface area contributed by atoms with Crippen LogP contribution in [0.1, 0.15) is 27.2 Å². The van der Waals surface area contributed by atoms with Crippen LogP contribution in [0.25, 0.3) is 11.0 Å². The molecule has 0 aliphatic heterocycles. The van der Waals surface area contributed by atoms with Crippen molar-refractivity contribution < 1.29 is 0 Å². The number of hydrogen-bond donors (Lipinski definition) is 1. The Morgan fingerprint density at radius 3 is 2.33 bits per heavy atom. The van der Waals surface area contributed by atoms with Crippen molar-refractivity contribution in [2.24, 2.45) is 0 Å². The van der Waals surface area contributed by atoms with E-state index in [0.717, 1.165) is 29.8 Å². The first-order valence-electron chi connectivity index (χ1n) is 6.46. The Balaban J connectivity index is 2.52. The second kappa shape index (κ2) is 5.21. The smallest absolute Gasteiger partial charge is 0.172 e. The number of para-hydroxylation sites is 2. The Morgan fingerprint density at radius 2 is 1.78 bits per heavy atom. The molecule has 4 nitrogen and oxygen atoms in total. The topological polar surface area (TPSA) is 55.0 Å². The molecule has 2 aromatic rings. The molecular weight excluding hydrogens is 224 g/mol. The Bertz CT molecular complexity index is 538. The van der Waals surface area contributed by atoms with Crippen LogP contribution in [0.3, 0.4) is 0 Å². The molecule has 0 radical (unpaired) electrons. The summed E-state index contributed by atoms with van der Waals surface area (Å²) in [7, 11) is 0. The molecule has 0 saturated heterocycles. The first-order chi connectivity index (χ1) is 8.67. The van der Waals surface area contributed by atoms with Crippen LogP contribution in [0, 0.1) is 0 Å². The molecule has 1 unspecified atom stereocenters. The van der Waals surface area contributed by atoms with E-state index in [-0.39, 0.29) is 0 Å². The third-order valence-corrected chi connectivity index (χ3v) is 3.31. The van der Waals surface area contributed by atoms with Crippen molar-refractivity contribution in [1.82, 2.24) is 9.97 Å². The van der Waals surface area contributed by atoms with Gasteiger partial charge >= 0.3 is 0 Å². The lowest BCUT2D eigenvalue weighted by atomic mass is 10.2. The Hall–Kier alpha value is -1.84. The maximum Gasteiger partial charge on any atom is 0.172 e. The number of nitrogens with two attached hydrogens (primary N) is 1. The van der Waals surface area contributed by atoms with Gasteiger partial charge in [-0.3, -0.25) is 0 Å². The van der Waals surface area contributed by atoms with Crippen molar-refractivity contribution in [1.29, 1.82) is 0 Å². The molecule has 18 heavy (non-hydrogen) atoms. The standard InChI is InChI=1S/C14H20N4/c1-4-10(3)18(5-2)14-13(15)16-11-8-6-7-9-12(11)17-14/h6-10H,4-5H2,1-3H3,(H2,15,16). The highest BCUT2D eigenvalue weighted by atomic mass is 15.2. The molecule has 1 heterocycles. The van der Waals surface area contributed by atoms with E-state index in [1.807, 2.05) is 24.3 Å². The van der Waals surface area contributed by atoms with Crippen LogP contribution in [0.15, 0.2) is 24.3 Å². The number of nitrogens with zero attached hydrogens (tertiary/aromatic N) is 3. The molecule has 0 fully saturated rings. The highest BCUT2D eigenvalue weighted by Crippen LogP contribution is 2.24. The molecule has 1 aromatic heterocycles. The van der Waals surface area contributed by atoms with E-state index in [2.05, 4.69) is 35.6 Å². The van der Waals surface area contributed by atoms with Crippen molar-refractivity contribution in [3.8, 4) is 0 Å². The number of rotatable bonds is 4. The van der Waals surface area contributed by atoms with E-state index < -0.39 is 0 Å². The molecule has 4 heteroatoms. The molecule has 0 saturated carbocycles. The Labute approximate surface area is 108 Å². The normalized spacial score (nSPS) is 12.6. The summed E-state index contributed by atoms with van der Waals surface area (Å²) in [5.41, 5.74) is 7.78. The number of anilines is 2. The summed E-state index contributed by atoms with van der Waals surface area (Å²) in [5, 5.41) is 0. The van der Waals surface area contributed by atoms with E-state index in [0.29, 0.717) is 11.9 Å². The number of aromatic nitrogens is 2. The van der Waals surface area contributed by atoms with Crippen LogP contribution in [-0.4, -0.2) is 22.6 Å². The van der Waals surface area contributed by atoms with Crippen LogP contribution in [-0.2, 0) is 0 Å². The number of hydrogen-bond acceptors (Lipinski definition) is 4. The van der Waals surface area contributed by atoms with Gasteiger partial charge in [-0.05, 0) is 32.4 Å². The second-order valence-corrected chi connectivity index (χ2v) is 4.46. The molecule has 2 N–H and O–H groups in total. The first kappa shape index (κ1) is 12.6. The second-order valence-electron chi connectivity index (χ2n) is 4.46. The van der Waals surface area contributed by atoms with Gasteiger partial charge in [-0.2, -0.15) is 0 Å². The van der Waals surface area contributed by atoms with Crippen LogP contribution < -0.4 is 10.6 Å². The van der Waals surface area contributed by atoms with E-state index in [1.54, 1.807) is 0 Å². The van der Waals surface area contributed by atoms with Gasteiger partial charge in [0.1, 0.15) is 0 Å². The third-order valence-electron chi connectivity index (χ3n) is 3.31. The zero-order valence-electron chi connectivity index (χ0n) is 11.2. The summed E-state index contributed by atoms with van der Waals surface area (Å²) in [6.45, 7) is 7.34. The zero-order chi connectivity index (χ0) is 13.1. The third kappa shape index (κ3) is 2.23. The molecule has 0 amide bonds. The van der Waals surface area contributed by atoms with Gasteiger partial charge in [0, 0.05) is 12.6 Å². The highest BCUT2D eigenvalue weighted by molar-refractivity contribution is 5.79. The summed E-state index contributed by atoms with van der Waals surface area (Å²) in [6, 6.07) is 8.23. The fourth-order valence-electron chi connectivity index (χ4n) is 2.11. The molecule has 1 atom stereocenters. The molecule has 0 bridgehead atoms. The van der Waals surface area contributed by atoms with Crippen molar-refractivity contribution in [3.63, 3.8) is 0 Å². The number of nitrogen functional groups attached to an aromatic ring is 1. The van der Waals surface area contributed by atoms with Crippen molar-refractivity contribution in [2.45, 2.75) is 33.2 Å².